The van der Waals surface area contributed by atoms with Crippen molar-refractivity contribution in [3.8, 4) is 11.3 Å². The molecule has 4 rings (SSSR count). The van der Waals surface area contributed by atoms with Crippen molar-refractivity contribution in [2.45, 2.75) is 19.1 Å². The Bertz CT molecular complexity index is 908. The average molecular weight is 369 g/mol. The Labute approximate surface area is 155 Å². The Morgan fingerprint density at radius 2 is 2.30 bits per heavy atom. The van der Waals surface area contributed by atoms with Gasteiger partial charge in [0.05, 0.1) is 30.1 Å². The second-order valence-electron chi connectivity index (χ2n) is 6.49. The van der Waals surface area contributed by atoms with E-state index in [1.807, 2.05) is 12.3 Å². The summed E-state index contributed by atoms with van der Waals surface area (Å²) in [6.45, 7) is 2.24. The molecule has 7 nitrogen and oxygen atoms in total. The third kappa shape index (κ3) is 3.90. The second kappa shape index (κ2) is 7.71. The molecule has 1 aliphatic rings. The van der Waals surface area contributed by atoms with Gasteiger partial charge in [-0.05, 0) is 24.6 Å². The van der Waals surface area contributed by atoms with Crippen molar-refractivity contribution >= 4 is 5.91 Å². The van der Waals surface area contributed by atoms with Gasteiger partial charge in [-0.25, -0.2) is 4.39 Å². The Hall–Kier alpha value is -3.00. The van der Waals surface area contributed by atoms with E-state index >= 15 is 0 Å². The summed E-state index contributed by atoms with van der Waals surface area (Å²) in [5.41, 5.74) is 1.55. The quantitative estimate of drug-likeness (QED) is 0.766. The Balaban J connectivity index is 1.54. The first-order chi connectivity index (χ1) is 13.2. The fraction of sp³-hybridized carbons (Fsp3) is 0.316. The summed E-state index contributed by atoms with van der Waals surface area (Å²) in [4.78, 5) is 14.9. The fourth-order valence-corrected chi connectivity index (χ4v) is 3.29. The summed E-state index contributed by atoms with van der Waals surface area (Å²) in [6.07, 6.45) is 5.71. The van der Waals surface area contributed by atoms with Crippen LogP contribution < -0.4 is 0 Å². The van der Waals surface area contributed by atoms with Crippen LogP contribution in [0.25, 0.3) is 11.3 Å². The molecule has 1 aliphatic heterocycles. The molecule has 0 spiro atoms. The van der Waals surface area contributed by atoms with Crippen LogP contribution in [0.1, 0.15) is 16.8 Å². The van der Waals surface area contributed by atoms with E-state index in [0.29, 0.717) is 43.1 Å². The van der Waals surface area contributed by atoms with Crippen molar-refractivity contribution in [3.63, 3.8) is 0 Å². The minimum Gasteiger partial charge on any atom is -0.374 e. The first-order valence-electron chi connectivity index (χ1n) is 8.88. The number of ether oxygens (including phenoxy) is 1. The van der Waals surface area contributed by atoms with Crippen molar-refractivity contribution in [2.24, 2.45) is 0 Å². The largest absolute Gasteiger partial charge is 0.374 e. The maximum Gasteiger partial charge on any atom is 0.257 e. The van der Waals surface area contributed by atoms with Crippen LogP contribution in [0, 0.1) is 5.82 Å². The first kappa shape index (κ1) is 17.4. The molecule has 0 bridgehead atoms. The standard InChI is InChI=1S/C19H20FN5O2/c20-15-5-1-4-14(10-15)18-17(11-21-23-18)19(26)24-7-3-9-27-16(12-24)13-25-8-2-6-22-25/h1-2,4-6,8,10-11,16H,3,7,9,12-13H2,(H,21,23). The van der Waals surface area contributed by atoms with Gasteiger partial charge in [-0.15, -0.1) is 0 Å². The topological polar surface area (TPSA) is 76.0 Å². The van der Waals surface area contributed by atoms with Gasteiger partial charge in [0.2, 0.25) is 0 Å². The summed E-state index contributed by atoms with van der Waals surface area (Å²) in [5.74, 6) is -0.498. The molecule has 1 amide bonds. The van der Waals surface area contributed by atoms with E-state index in [4.69, 9.17) is 4.74 Å². The highest BCUT2D eigenvalue weighted by atomic mass is 19.1. The number of amides is 1. The van der Waals surface area contributed by atoms with Crippen molar-refractivity contribution in [1.82, 2.24) is 24.9 Å². The zero-order valence-electron chi connectivity index (χ0n) is 14.7. The van der Waals surface area contributed by atoms with Crippen molar-refractivity contribution < 1.29 is 13.9 Å². The number of benzene rings is 1. The molecule has 1 N–H and O–H groups in total. The summed E-state index contributed by atoms with van der Waals surface area (Å²) >= 11 is 0. The predicted octanol–water partition coefficient (Wildman–Crippen LogP) is 2.34. The van der Waals surface area contributed by atoms with Gasteiger partial charge in [-0.2, -0.15) is 10.2 Å². The van der Waals surface area contributed by atoms with Crippen LogP contribution in [-0.4, -0.2) is 56.6 Å². The summed E-state index contributed by atoms with van der Waals surface area (Å²) in [5, 5.41) is 11.0. The van der Waals surface area contributed by atoms with Crippen LogP contribution in [0.4, 0.5) is 4.39 Å². The third-order valence-electron chi connectivity index (χ3n) is 4.57. The van der Waals surface area contributed by atoms with Gasteiger partial charge in [-0.1, -0.05) is 12.1 Å². The monoisotopic (exact) mass is 369 g/mol. The van der Waals surface area contributed by atoms with Gasteiger partial charge in [0.15, 0.2) is 0 Å². The molecule has 1 saturated heterocycles. The van der Waals surface area contributed by atoms with E-state index in [1.165, 1.54) is 18.3 Å². The molecule has 1 fully saturated rings. The molecule has 27 heavy (non-hydrogen) atoms. The van der Waals surface area contributed by atoms with Crippen LogP contribution in [0.3, 0.4) is 0 Å². The van der Waals surface area contributed by atoms with E-state index in [2.05, 4.69) is 15.3 Å². The number of hydrogen-bond donors (Lipinski definition) is 1. The van der Waals surface area contributed by atoms with Crippen molar-refractivity contribution in [3.05, 3.63) is 60.3 Å². The highest BCUT2D eigenvalue weighted by Crippen LogP contribution is 2.24. The maximum absolute atomic E-state index is 13.6. The zero-order valence-corrected chi connectivity index (χ0v) is 14.7. The molecule has 3 heterocycles. The molecule has 1 atom stereocenters. The minimum atomic E-state index is -0.358. The molecule has 8 heteroatoms. The van der Waals surface area contributed by atoms with Crippen LogP contribution in [-0.2, 0) is 11.3 Å². The highest BCUT2D eigenvalue weighted by Gasteiger charge is 2.26. The smallest absolute Gasteiger partial charge is 0.257 e. The van der Waals surface area contributed by atoms with Gasteiger partial charge >= 0.3 is 0 Å². The number of rotatable bonds is 4. The lowest BCUT2D eigenvalue weighted by Gasteiger charge is -2.24. The summed E-state index contributed by atoms with van der Waals surface area (Å²) in [6, 6.07) is 7.97. The number of nitrogens with zero attached hydrogens (tertiary/aromatic N) is 4. The lowest BCUT2D eigenvalue weighted by atomic mass is 10.1. The van der Waals surface area contributed by atoms with E-state index in [9.17, 15) is 9.18 Å². The number of H-pyrrole nitrogens is 1. The van der Waals surface area contributed by atoms with Gasteiger partial charge in [0.1, 0.15) is 5.82 Å². The molecule has 1 aromatic carbocycles. The minimum absolute atomic E-state index is 0.138. The molecular formula is C19H20FN5O2. The fourth-order valence-electron chi connectivity index (χ4n) is 3.29. The molecule has 1 unspecified atom stereocenters. The predicted molar refractivity (Wildman–Crippen MR) is 96.5 cm³/mol. The van der Waals surface area contributed by atoms with E-state index in [-0.39, 0.29) is 17.8 Å². The number of carbonyl (C=O) groups excluding carboxylic acids is 1. The lowest BCUT2D eigenvalue weighted by molar-refractivity contribution is 0.0367. The average Bonchev–Trinajstić information content (AvgIpc) is 3.30. The van der Waals surface area contributed by atoms with Gasteiger partial charge in [-0.3, -0.25) is 14.6 Å². The van der Waals surface area contributed by atoms with Crippen LogP contribution in [0.15, 0.2) is 48.9 Å². The van der Waals surface area contributed by atoms with Crippen LogP contribution >= 0.6 is 0 Å². The molecule has 140 valence electrons. The zero-order chi connectivity index (χ0) is 18.6. The Kier molecular flexibility index (Phi) is 4.97. The Morgan fingerprint density at radius 3 is 3.11 bits per heavy atom. The molecule has 2 aromatic heterocycles. The SMILES string of the molecule is O=C(c1cn[nH]c1-c1cccc(F)c1)N1CCCOC(Cn2cccn2)C1. The first-order valence-corrected chi connectivity index (χ1v) is 8.88. The Morgan fingerprint density at radius 1 is 1.37 bits per heavy atom. The number of aromatic amines is 1. The number of carbonyl (C=O) groups is 1. The number of hydrogen-bond acceptors (Lipinski definition) is 4. The molecule has 0 saturated carbocycles. The molecule has 0 radical (unpaired) electrons. The normalized spacial score (nSPS) is 17.7. The number of aromatic nitrogens is 4. The summed E-state index contributed by atoms with van der Waals surface area (Å²) < 4.78 is 21.3. The molecule has 3 aromatic rings. The van der Waals surface area contributed by atoms with Crippen LogP contribution in [0.5, 0.6) is 0 Å². The van der Waals surface area contributed by atoms with Crippen LogP contribution in [0.2, 0.25) is 0 Å². The second-order valence-corrected chi connectivity index (χ2v) is 6.49. The summed E-state index contributed by atoms with van der Waals surface area (Å²) in [7, 11) is 0. The van der Waals surface area contributed by atoms with Crippen molar-refractivity contribution in [2.75, 3.05) is 19.7 Å². The van der Waals surface area contributed by atoms with Gasteiger partial charge in [0.25, 0.3) is 5.91 Å². The van der Waals surface area contributed by atoms with Gasteiger partial charge < -0.3 is 9.64 Å². The third-order valence-corrected chi connectivity index (χ3v) is 4.57. The molecule has 0 aliphatic carbocycles. The van der Waals surface area contributed by atoms with E-state index in [1.54, 1.807) is 27.9 Å². The highest BCUT2D eigenvalue weighted by molar-refractivity contribution is 5.99. The lowest BCUT2D eigenvalue weighted by Crippen LogP contribution is -2.38. The van der Waals surface area contributed by atoms with Gasteiger partial charge in [0, 0.05) is 37.7 Å². The van der Waals surface area contributed by atoms with E-state index in [0.717, 1.165) is 6.42 Å². The van der Waals surface area contributed by atoms with Crippen molar-refractivity contribution in [1.29, 1.82) is 0 Å². The number of halogens is 1. The molecular weight excluding hydrogens is 349 g/mol. The number of nitrogens with one attached hydrogen (secondary N) is 1. The van der Waals surface area contributed by atoms with E-state index < -0.39 is 0 Å². The maximum atomic E-state index is 13.6.